The monoisotopic (exact) mass is 574 g/mol. The van der Waals surface area contributed by atoms with Gasteiger partial charge in [-0.15, -0.1) is 0 Å². The van der Waals surface area contributed by atoms with Gasteiger partial charge in [-0.3, -0.25) is 15.6 Å². The molecule has 0 saturated carbocycles. The van der Waals surface area contributed by atoms with Crippen molar-refractivity contribution in [1.82, 2.24) is 15.0 Å². The minimum absolute atomic E-state index is 0.0534. The molecular weight excluding hydrogens is 543 g/mol. The second kappa shape index (κ2) is 12.5. The van der Waals surface area contributed by atoms with Crippen LogP contribution in [0, 0.1) is 0 Å². The van der Waals surface area contributed by atoms with Gasteiger partial charge in [0.2, 0.25) is 5.28 Å². The summed E-state index contributed by atoms with van der Waals surface area (Å²) < 4.78 is 10.7. The van der Waals surface area contributed by atoms with E-state index in [1.165, 1.54) is 6.20 Å². The lowest BCUT2D eigenvalue weighted by Crippen LogP contribution is -2.27. The lowest BCUT2D eigenvalue weighted by atomic mass is 10.0. The van der Waals surface area contributed by atoms with Crippen LogP contribution in [0.25, 0.3) is 0 Å². The highest BCUT2D eigenvalue weighted by atomic mass is 35.5. The maximum absolute atomic E-state index is 12.5. The molecule has 0 bridgehead atoms. The predicted molar refractivity (Wildman–Crippen MR) is 153 cm³/mol. The summed E-state index contributed by atoms with van der Waals surface area (Å²) in [4.78, 5) is 36.9. The molecule has 0 spiro atoms. The Morgan fingerprint density at radius 1 is 0.846 bits per heavy atom. The Morgan fingerprint density at radius 3 is 2.18 bits per heavy atom. The molecule has 10 nitrogen and oxygen atoms in total. The van der Waals surface area contributed by atoms with E-state index in [-0.39, 0.29) is 5.28 Å². The van der Waals surface area contributed by atoms with Crippen LogP contribution in [0.15, 0.2) is 42.9 Å². The van der Waals surface area contributed by atoms with Crippen molar-refractivity contribution < 1.29 is 19.1 Å². The first-order valence-corrected chi connectivity index (χ1v) is 12.9. The molecule has 0 aliphatic heterocycles. The minimum atomic E-state index is -0.651. The molecule has 2 heterocycles. The summed E-state index contributed by atoms with van der Waals surface area (Å²) >= 11 is 12.1. The van der Waals surface area contributed by atoms with E-state index < -0.39 is 23.4 Å². The number of halogens is 2. The van der Waals surface area contributed by atoms with E-state index in [1.807, 2.05) is 12.1 Å². The Morgan fingerprint density at radius 2 is 1.51 bits per heavy atom. The van der Waals surface area contributed by atoms with E-state index in [0.29, 0.717) is 40.7 Å². The fraction of sp³-hybridized carbons (Fsp3) is 0.370. The van der Waals surface area contributed by atoms with E-state index in [1.54, 1.807) is 66.1 Å². The second-order valence-corrected chi connectivity index (χ2v) is 11.4. The van der Waals surface area contributed by atoms with Crippen LogP contribution in [0.4, 0.5) is 32.5 Å². The largest absolute Gasteiger partial charge is 0.444 e. The van der Waals surface area contributed by atoms with Crippen LogP contribution in [0.3, 0.4) is 0 Å². The van der Waals surface area contributed by atoms with Crippen molar-refractivity contribution in [3.8, 4) is 0 Å². The number of hydrogen-bond donors (Lipinski definition) is 3. The van der Waals surface area contributed by atoms with Crippen molar-refractivity contribution in [2.75, 3.05) is 16.0 Å². The molecule has 0 unspecified atom stereocenters. The van der Waals surface area contributed by atoms with Crippen LogP contribution in [0.5, 0.6) is 0 Å². The second-order valence-electron chi connectivity index (χ2n) is 10.7. The van der Waals surface area contributed by atoms with Gasteiger partial charge in [0.25, 0.3) is 0 Å². The van der Waals surface area contributed by atoms with Crippen LogP contribution in [0.2, 0.25) is 10.3 Å². The number of nitrogens with one attached hydrogen (secondary N) is 3. The summed E-state index contributed by atoms with van der Waals surface area (Å²) in [6.07, 6.45) is 4.62. The number of anilines is 4. The first-order valence-electron chi connectivity index (χ1n) is 12.2. The van der Waals surface area contributed by atoms with Crippen LogP contribution >= 0.6 is 23.2 Å². The number of carbonyl (C=O) groups is 2. The molecule has 0 fully saturated rings. The van der Waals surface area contributed by atoms with Crippen LogP contribution in [-0.4, -0.2) is 38.3 Å². The maximum atomic E-state index is 12.5. The average Bonchev–Trinajstić information content (AvgIpc) is 2.79. The molecule has 2 amide bonds. The van der Waals surface area contributed by atoms with Gasteiger partial charge in [-0.25, -0.2) is 14.6 Å². The van der Waals surface area contributed by atoms with Gasteiger partial charge in [-0.1, -0.05) is 11.6 Å². The number of carbonyl (C=O) groups excluding carboxylic acids is 2. The average molecular weight is 575 g/mol. The van der Waals surface area contributed by atoms with E-state index in [9.17, 15) is 9.59 Å². The zero-order valence-corrected chi connectivity index (χ0v) is 24.2. The van der Waals surface area contributed by atoms with Crippen molar-refractivity contribution in [3.63, 3.8) is 0 Å². The number of aromatic nitrogens is 3. The number of amides is 2. The molecule has 0 atom stereocenters. The number of aryl methyl sites for hydroxylation is 2. The SMILES string of the molecule is CC(C)(C)OC(=O)Nc1cncc(CCc2cc(Nc3nc(Cl)ncc3Cl)ccc2NC(=O)OC(C)(C)C)c1. The molecule has 3 rings (SSSR count). The summed E-state index contributed by atoms with van der Waals surface area (Å²) in [5.74, 6) is 0.348. The molecule has 12 heteroatoms. The number of hydrogen-bond acceptors (Lipinski definition) is 8. The Labute approximate surface area is 237 Å². The number of nitrogens with zero attached hydrogens (tertiary/aromatic N) is 3. The van der Waals surface area contributed by atoms with Gasteiger partial charge in [0.05, 0.1) is 18.1 Å². The highest BCUT2D eigenvalue weighted by molar-refractivity contribution is 6.33. The van der Waals surface area contributed by atoms with Gasteiger partial charge in [0.1, 0.15) is 16.2 Å². The highest BCUT2D eigenvalue weighted by Gasteiger charge is 2.19. The van der Waals surface area contributed by atoms with Gasteiger partial charge in [0.15, 0.2) is 5.82 Å². The maximum Gasteiger partial charge on any atom is 0.412 e. The third kappa shape index (κ3) is 10.2. The smallest absolute Gasteiger partial charge is 0.412 e. The Hall–Kier alpha value is -3.63. The molecule has 0 aliphatic carbocycles. The molecule has 1 aromatic carbocycles. The van der Waals surface area contributed by atoms with Crippen molar-refractivity contribution in [2.45, 2.75) is 65.6 Å². The van der Waals surface area contributed by atoms with Crippen LogP contribution in [0.1, 0.15) is 52.7 Å². The molecule has 0 aliphatic rings. The first kappa shape index (κ1) is 29.9. The molecule has 2 aromatic heterocycles. The summed E-state index contributed by atoms with van der Waals surface area (Å²) in [7, 11) is 0. The van der Waals surface area contributed by atoms with Crippen LogP contribution in [-0.2, 0) is 22.3 Å². The quantitative estimate of drug-likeness (QED) is 0.249. The van der Waals surface area contributed by atoms with E-state index in [4.69, 9.17) is 32.7 Å². The van der Waals surface area contributed by atoms with Crippen molar-refractivity contribution >= 4 is 58.3 Å². The lowest BCUT2D eigenvalue weighted by Gasteiger charge is -2.21. The minimum Gasteiger partial charge on any atom is -0.444 e. The standard InChI is InChI=1S/C27H32Cl2N6O4/c1-26(2,3)38-24(36)33-19-11-16(13-30-14-19)7-8-17-12-18(32-22-20(28)15-31-23(29)35-22)9-10-21(17)34-25(37)39-27(4,5)6/h9-15H,7-8H2,1-6H3,(H,33,36)(H,34,37)(H,31,32,35). The number of ether oxygens (including phenoxy) is 2. The number of pyridine rings is 1. The number of benzene rings is 1. The van der Waals surface area contributed by atoms with E-state index in [0.717, 1.165) is 11.1 Å². The van der Waals surface area contributed by atoms with E-state index >= 15 is 0 Å². The van der Waals surface area contributed by atoms with Crippen molar-refractivity contribution in [1.29, 1.82) is 0 Å². The molecule has 208 valence electrons. The van der Waals surface area contributed by atoms with Crippen molar-refractivity contribution in [2.24, 2.45) is 0 Å². The van der Waals surface area contributed by atoms with Gasteiger partial charge >= 0.3 is 12.2 Å². The summed E-state index contributed by atoms with van der Waals surface area (Å²) in [5, 5.41) is 9.01. The van der Waals surface area contributed by atoms with E-state index in [2.05, 4.69) is 30.9 Å². The zero-order chi connectivity index (χ0) is 28.8. The Kier molecular flexibility index (Phi) is 9.58. The third-order valence-electron chi connectivity index (χ3n) is 4.84. The Balaban J connectivity index is 1.81. The topological polar surface area (TPSA) is 127 Å². The van der Waals surface area contributed by atoms with Gasteiger partial charge in [-0.2, -0.15) is 4.98 Å². The van der Waals surface area contributed by atoms with Gasteiger partial charge in [0, 0.05) is 17.6 Å². The third-order valence-corrected chi connectivity index (χ3v) is 5.30. The summed E-state index contributed by atoms with van der Waals surface area (Å²) in [6, 6.07) is 7.23. The fourth-order valence-corrected chi connectivity index (χ4v) is 3.65. The zero-order valence-electron chi connectivity index (χ0n) is 22.7. The first-order chi connectivity index (χ1) is 18.2. The molecule has 0 radical (unpaired) electrons. The summed E-state index contributed by atoms with van der Waals surface area (Å²) in [5.41, 5.74) is 2.19. The van der Waals surface area contributed by atoms with Gasteiger partial charge < -0.3 is 14.8 Å². The molecular formula is C27H32Cl2N6O4. The predicted octanol–water partition coefficient (Wildman–Crippen LogP) is 7.40. The molecule has 0 saturated heterocycles. The number of rotatable bonds is 7. The summed E-state index contributed by atoms with van der Waals surface area (Å²) in [6.45, 7) is 10.8. The molecule has 3 aromatic rings. The lowest BCUT2D eigenvalue weighted by molar-refractivity contribution is 0.0624. The fourth-order valence-electron chi connectivity index (χ4n) is 3.38. The molecule has 39 heavy (non-hydrogen) atoms. The molecule has 3 N–H and O–H groups in total. The highest BCUT2D eigenvalue weighted by Crippen LogP contribution is 2.28. The normalized spacial score (nSPS) is 11.5. The van der Waals surface area contributed by atoms with Gasteiger partial charge in [-0.05, 0) is 101 Å². The Bertz CT molecular complexity index is 1340. The van der Waals surface area contributed by atoms with Crippen molar-refractivity contribution in [3.05, 3.63) is 64.3 Å². The van der Waals surface area contributed by atoms with Crippen LogP contribution < -0.4 is 16.0 Å².